The molecule has 0 unspecified atom stereocenters. The Kier molecular flexibility index (Phi) is 14.3. The molecule has 0 fully saturated rings. The van der Waals surface area contributed by atoms with Crippen LogP contribution in [0.2, 0.25) is 0 Å². The quantitative estimate of drug-likeness (QED) is 0.206. The molecule has 0 atom stereocenters. The molecule has 0 aliphatic carbocycles. The second kappa shape index (κ2) is 10.1. The van der Waals surface area contributed by atoms with Gasteiger partial charge >= 0.3 is 65.1 Å². The number of hydrogen-bond donors (Lipinski definition) is 0. The van der Waals surface area contributed by atoms with Crippen LogP contribution in [0.5, 0.6) is 0 Å². The second-order valence-corrected chi connectivity index (χ2v) is 3.78. The van der Waals surface area contributed by atoms with Gasteiger partial charge in [0.2, 0.25) is 0 Å². The number of likely N-dealkylation sites (N-methyl/N-ethyl adjacent to an activating group) is 1. The monoisotopic (exact) mass is 237 g/mol. The van der Waals surface area contributed by atoms with E-state index < -0.39 is 18.4 Å². The first-order valence-corrected chi connectivity index (χ1v) is 3.97. The number of ether oxygens (including phenoxy) is 1. The molecule has 0 aliphatic rings. The molecule has 0 radical (unpaired) electrons. The Morgan fingerprint density at radius 3 is 2.07 bits per heavy atom. The van der Waals surface area contributed by atoms with E-state index in [1.807, 2.05) is 21.1 Å². The molecule has 80 valence electrons. The number of carbonyl (C=O) groups excluding carboxylic acids is 2. The van der Waals surface area contributed by atoms with Crippen molar-refractivity contribution >= 4 is 11.9 Å². The SMILES string of the molecule is C[N+](C)(C)CCOC(=O)CC(=O)[O-].[H-].[H-].[Na+].[Na+]. The fourth-order valence-electron chi connectivity index (χ4n) is 0.602. The summed E-state index contributed by atoms with van der Waals surface area (Å²) in [4.78, 5) is 20.6. The van der Waals surface area contributed by atoms with E-state index in [0.29, 0.717) is 11.0 Å². The minimum Gasteiger partial charge on any atom is -1.00 e. The molecule has 0 aromatic heterocycles. The molecule has 0 saturated heterocycles. The summed E-state index contributed by atoms with van der Waals surface area (Å²) in [5.41, 5.74) is 0. The standard InChI is InChI=1S/C8H15NO4.2Na.2H/c1-9(2,3)4-5-13-8(12)6-7(10)11;;;;/h4-6H2,1-3H3;;;;/q;2*+1;2*-1. The van der Waals surface area contributed by atoms with Crippen LogP contribution in [-0.4, -0.2) is 50.7 Å². The molecular weight excluding hydrogens is 220 g/mol. The maximum atomic E-state index is 10.7. The van der Waals surface area contributed by atoms with E-state index in [2.05, 4.69) is 4.74 Å². The summed E-state index contributed by atoms with van der Waals surface area (Å²) < 4.78 is 5.32. The van der Waals surface area contributed by atoms with E-state index >= 15 is 0 Å². The predicted octanol–water partition coefficient (Wildman–Crippen LogP) is -7.39. The Morgan fingerprint density at radius 1 is 1.27 bits per heavy atom. The third-order valence-corrected chi connectivity index (χ3v) is 1.31. The van der Waals surface area contributed by atoms with Crippen LogP contribution >= 0.6 is 0 Å². The molecule has 0 spiro atoms. The van der Waals surface area contributed by atoms with Gasteiger partial charge in [0.1, 0.15) is 13.2 Å². The van der Waals surface area contributed by atoms with E-state index in [1.54, 1.807) is 0 Å². The molecule has 0 bridgehead atoms. The van der Waals surface area contributed by atoms with Crippen LogP contribution in [0, 0.1) is 0 Å². The number of rotatable bonds is 5. The zero-order valence-electron chi connectivity index (χ0n) is 12.2. The Labute approximate surface area is 137 Å². The Balaban J connectivity index is -0.000000120. The molecule has 0 aromatic carbocycles. The third kappa shape index (κ3) is 17.5. The number of hydrogen-bond acceptors (Lipinski definition) is 4. The first kappa shape index (κ1) is 21.2. The fourth-order valence-corrected chi connectivity index (χ4v) is 0.602. The number of carbonyl (C=O) groups is 2. The predicted molar refractivity (Wildman–Crippen MR) is 45.7 cm³/mol. The van der Waals surface area contributed by atoms with Gasteiger partial charge in [-0.05, 0) is 0 Å². The third-order valence-electron chi connectivity index (χ3n) is 1.31. The van der Waals surface area contributed by atoms with Crippen LogP contribution in [0.3, 0.4) is 0 Å². The molecule has 0 heterocycles. The van der Waals surface area contributed by atoms with Gasteiger partial charge in [-0.3, -0.25) is 4.79 Å². The summed E-state index contributed by atoms with van der Waals surface area (Å²) in [5.74, 6) is -2.15. The van der Waals surface area contributed by atoms with Gasteiger partial charge in [-0.25, -0.2) is 0 Å². The van der Waals surface area contributed by atoms with Crippen LogP contribution in [0.15, 0.2) is 0 Å². The van der Waals surface area contributed by atoms with E-state index in [4.69, 9.17) is 0 Å². The molecule has 0 aliphatic heterocycles. The molecule has 0 N–H and O–H groups in total. The molecular formula is C8H17NNa2O4. The van der Waals surface area contributed by atoms with Gasteiger partial charge in [-0.1, -0.05) is 0 Å². The summed E-state index contributed by atoms with van der Waals surface area (Å²) in [5, 5.41) is 9.95. The van der Waals surface area contributed by atoms with Crippen LogP contribution in [0.1, 0.15) is 9.27 Å². The average Bonchev–Trinajstić information content (AvgIpc) is 1.81. The van der Waals surface area contributed by atoms with Crippen molar-refractivity contribution in [3.05, 3.63) is 0 Å². The molecule has 0 aromatic rings. The number of esters is 1. The molecule has 0 saturated carbocycles. The van der Waals surface area contributed by atoms with Gasteiger partial charge in [0.05, 0.1) is 33.5 Å². The summed E-state index contributed by atoms with van der Waals surface area (Å²) in [6, 6.07) is 0. The molecule has 15 heavy (non-hydrogen) atoms. The van der Waals surface area contributed by atoms with Crippen molar-refractivity contribution in [1.29, 1.82) is 0 Å². The zero-order chi connectivity index (χ0) is 10.5. The van der Waals surface area contributed by atoms with Crippen LogP contribution < -0.4 is 64.2 Å². The van der Waals surface area contributed by atoms with Gasteiger partial charge in [-0.15, -0.1) is 0 Å². The van der Waals surface area contributed by atoms with Gasteiger partial charge in [0.25, 0.3) is 0 Å². The van der Waals surface area contributed by atoms with Gasteiger partial charge < -0.3 is 22.0 Å². The fraction of sp³-hybridized carbons (Fsp3) is 0.750. The van der Waals surface area contributed by atoms with Crippen LogP contribution in [-0.2, 0) is 14.3 Å². The van der Waals surface area contributed by atoms with E-state index in [0.717, 1.165) is 0 Å². The summed E-state index contributed by atoms with van der Waals surface area (Å²) in [7, 11) is 5.85. The Morgan fingerprint density at radius 2 is 1.73 bits per heavy atom. The Bertz CT molecular complexity index is 212. The molecule has 7 heteroatoms. The van der Waals surface area contributed by atoms with Crippen molar-refractivity contribution in [2.24, 2.45) is 0 Å². The van der Waals surface area contributed by atoms with Gasteiger partial charge in [0.15, 0.2) is 0 Å². The summed E-state index contributed by atoms with van der Waals surface area (Å²) in [6.07, 6.45) is -0.670. The molecule has 5 nitrogen and oxygen atoms in total. The van der Waals surface area contributed by atoms with Crippen molar-refractivity contribution in [2.45, 2.75) is 6.42 Å². The zero-order valence-corrected chi connectivity index (χ0v) is 14.2. The maximum Gasteiger partial charge on any atom is 1.00 e. The minimum atomic E-state index is -1.41. The number of aliphatic carboxylic acids is 1. The van der Waals surface area contributed by atoms with E-state index in [1.165, 1.54) is 0 Å². The number of nitrogens with zero attached hydrogens (tertiary/aromatic N) is 1. The first-order valence-electron chi connectivity index (χ1n) is 3.97. The first-order chi connectivity index (χ1) is 5.81. The summed E-state index contributed by atoms with van der Waals surface area (Å²) >= 11 is 0. The molecule has 0 amide bonds. The molecule has 0 rings (SSSR count). The normalized spacial score (nSPS) is 9.53. The van der Waals surface area contributed by atoms with E-state index in [-0.39, 0.29) is 68.6 Å². The number of quaternary nitrogens is 1. The van der Waals surface area contributed by atoms with E-state index in [9.17, 15) is 14.7 Å². The largest absolute Gasteiger partial charge is 1.00 e. The van der Waals surface area contributed by atoms with Crippen molar-refractivity contribution in [2.75, 3.05) is 34.3 Å². The van der Waals surface area contributed by atoms with Crippen molar-refractivity contribution in [1.82, 2.24) is 0 Å². The van der Waals surface area contributed by atoms with Crippen LogP contribution in [0.25, 0.3) is 0 Å². The summed E-state index contributed by atoms with van der Waals surface area (Å²) in [6.45, 7) is 0.883. The second-order valence-electron chi connectivity index (χ2n) is 3.78. The van der Waals surface area contributed by atoms with Crippen molar-refractivity contribution < 1.29 is 85.9 Å². The maximum absolute atomic E-state index is 10.7. The van der Waals surface area contributed by atoms with Crippen molar-refractivity contribution in [3.8, 4) is 0 Å². The van der Waals surface area contributed by atoms with Gasteiger partial charge in [0, 0.05) is 0 Å². The van der Waals surface area contributed by atoms with Gasteiger partial charge in [-0.2, -0.15) is 0 Å². The smallest absolute Gasteiger partial charge is 1.00 e. The average molecular weight is 237 g/mol. The number of carboxylic acid groups (broad SMARTS) is 1. The minimum absolute atomic E-state index is 0. The topological polar surface area (TPSA) is 66.4 Å². The number of carboxylic acids is 1. The van der Waals surface area contributed by atoms with Crippen molar-refractivity contribution in [3.63, 3.8) is 0 Å². The van der Waals surface area contributed by atoms with Crippen LogP contribution in [0.4, 0.5) is 0 Å². The Hall–Kier alpha value is 0.900.